The first-order valence-corrected chi connectivity index (χ1v) is 4.16. The first kappa shape index (κ1) is 12.9. The second-order valence-corrected chi connectivity index (χ2v) is 2.32. The number of terminal acetylenes is 1. The van der Waals surface area contributed by atoms with Crippen molar-refractivity contribution in [2.75, 3.05) is 39.6 Å². The summed E-state index contributed by atoms with van der Waals surface area (Å²) in [6.07, 6.45) is 4.95. The van der Waals surface area contributed by atoms with Gasteiger partial charge in [0.1, 0.15) is 13.2 Å². The molecule has 0 amide bonds. The minimum atomic E-state index is -0.984. The van der Waals surface area contributed by atoms with Crippen LogP contribution in [0.15, 0.2) is 0 Å². The van der Waals surface area contributed by atoms with Crippen LogP contribution in [0.25, 0.3) is 0 Å². The number of hydrogen-bond acceptors (Lipinski definition) is 4. The van der Waals surface area contributed by atoms with Gasteiger partial charge >= 0.3 is 5.97 Å². The molecule has 0 aliphatic carbocycles. The van der Waals surface area contributed by atoms with Gasteiger partial charge in [0.2, 0.25) is 0 Å². The number of carboxylic acids is 1. The van der Waals surface area contributed by atoms with E-state index in [0.717, 1.165) is 0 Å². The lowest BCUT2D eigenvalue weighted by Crippen LogP contribution is -2.13. The lowest BCUT2D eigenvalue weighted by atomic mass is 10.7. The summed E-state index contributed by atoms with van der Waals surface area (Å²) in [6.45, 7) is 1.46. The lowest BCUT2D eigenvalue weighted by molar-refractivity contribution is -0.142. The number of carboxylic acid groups (broad SMARTS) is 1. The highest BCUT2D eigenvalue weighted by atomic mass is 16.5. The van der Waals surface area contributed by atoms with Crippen molar-refractivity contribution < 1.29 is 24.1 Å². The highest BCUT2D eigenvalue weighted by Crippen LogP contribution is 1.80. The molecule has 5 heteroatoms. The summed E-state index contributed by atoms with van der Waals surface area (Å²) in [5.41, 5.74) is 0. The van der Waals surface area contributed by atoms with Crippen LogP contribution >= 0.6 is 0 Å². The Hall–Kier alpha value is -1.09. The van der Waals surface area contributed by atoms with Crippen molar-refractivity contribution in [1.29, 1.82) is 0 Å². The van der Waals surface area contributed by atoms with Crippen molar-refractivity contribution in [2.24, 2.45) is 0 Å². The summed E-state index contributed by atoms with van der Waals surface area (Å²) < 4.78 is 14.7. The molecule has 0 rings (SSSR count). The predicted octanol–water partition coefficient (Wildman–Crippen LogP) is -0.246. The van der Waals surface area contributed by atoms with Crippen molar-refractivity contribution in [2.45, 2.75) is 0 Å². The SMILES string of the molecule is C#CCOCCOCCOCC(=O)O. The minimum Gasteiger partial charge on any atom is -0.480 e. The fourth-order valence-corrected chi connectivity index (χ4v) is 0.628. The van der Waals surface area contributed by atoms with Gasteiger partial charge < -0.3 is 19.3 Å². The smallest absolute Gasteiger partial charge is 0.329 e. The van der Waals surface area contributed by atoms with E-state index in [-0.39, 0.29) is 19.8 Å². The van der Waals surface area contributed by atoms with Crippen molar-refractivity contribution in [3.05, 3.63) is 0 Å². The summed E-state index contributed by atoms with van der Waals surface area (Å²) in [7, 11) is 0. The minimum absolute atomic E-state index is 0.265. The summed E-state index contributed by atoms with van der Waals surface area (Å²) in [5, 5.41) is 8.21. The van der Waals surface area contributed by atoms with Crippen molar-refractivity contribution in [3.8, 4) is 12.3 Å². The molecule has 0 unspecified atom stereocenters. The van der Waals surface area contributed by atoms with Gasteiger partial charge in [-0.05, 0) is 0 Å². The molecule has 5 nitrogen and oxygen atoms in total. The third-order valence-corrected chi connectivity index (χ3v) is 1.15. The second-order valence-electron chi connectivity index (χ2n) is 2.32. The maximum absolute atomic E-state index is 10.0. The first-order valence-electron chi connectivity index (χ1n) is 4.16. The summed E-state index contributed by atoms with van der Waals surface area (Å²) in [6, 6.07) is 0. The van der Waals surface area contributed by atoms with E-state index >= 15 is 0 Å². The molecule has 0 atom stereocenters. The van der Waals surface area contributed by atoms with Gasteiger partial charge in [-0.25, -0.2) is 4.79 Å². The van der Waals surface area contributed by atoms with E-state index in [2.05, 4.69) is 5.92 Å². The Morgan fingerprint density at radius 2 is 1.71 bits per heavy atom. The van der Waals surface area contributed by atoms with Gasteiger partial charge in [-0.15, -0.1) is 6.42 Å². The fraction of sp³-hybridized carbons (Fsp3) is 0.667. The van der Waals surface area contributed by atoms with Gasteiger partial charge in [-0.3, -0.25) is 0 Å². The molecular weight excluding hydrogens is 188 g/mol. The number of carbonyl (C=O) groups is 1. The van der Waals surface area contributed by atoms with Crippen molar-refractivity contribution >= 4 is 5.97 Å². The molecule has 0 aromatic rings. The Kier molecular flexibility index (Phi) is 9.22. The molecule has 0 aliphatic heterocycles. The maximum Gasteiger partial charge on any atom is 0.329 e. The third-order valence-electron chi connectivity index (χ3n) is 1.15. The van der Waals surface area contributed by atoms with Crippen LogP contribution in [0.1, 0.15) is 0 Å². The van der Waals surface area contributed by atoms with Crippen LogP contribution in [0.5, 0.6) is 0 Å². The average molecular weight is 202 g/mol. The zero-order valence-electron chi connectivity index (χ0n) is 7.90. The van der Waals surface area contributed by atoms with Crippen molar-refractivity contribution in [3.63, 3.8) is 0 Å². The number of hydrogen-bond donors (Lipinski definition) is 1. The normalized spacial score (nSPS) is 9.64. The zero-order chi connectivity index (χ0) is 10.6. The monoisotopic (exact) mass is 202 g/mol. The fourth-order valence-electron chi connectivity index (χ4n) is 0.628. The van der Waals surface area contributed by atoms with Gasteiger partial charge in [0.25, 0.3) is 0 Å². The van der Waals surface area contributed by atoms with E-state index in [1.165, 1.54) is 0 Å². The summed E-state index contributed by atoms with van der Waals surface area (Å²) >= 11 is 0. The topological polar surface area (TPSA) is 65.0 Å². The number of ether oxygens (including phenoxy) is 3. The molecular formula is C9H14O5. The molecule has 0 aromatic carbocycles. The van der Waals surface area contributed by atoms with Gasteiger partial charge in [0.05, 0.1) is 26.4 Å². The molecule has 0 saturated carbocycles. The Balaban J connectivity index is 2.93. The van der Waals surface area contributed by atoms with Crippen LogP contribution in [0.2, 0.25) is 0 Å². The van der Waals surface area contributed by atoms with E-state index in [4.69, 9.17) is 25.7 Å². The molecule has 80 valence electrons. The van der Waals surface area contributed by atoms with E-state index < -0.39 is 5.97 Å². The molecule has 0 aromatic heterocycles. The van der Waals surface area contributed by atoms with Crippen LogP contribution in [-0.4, -0.2) is 50.7 Å². The third kappa shape index (κ3) is 10.9. The van der Waals surface area contributed by atoms with Crippen molar-refractivity contribution in [1.82, 2.24) is 0 Å². The Labute approximate surface area is 83.0 Å². The molecule has 1 N–H and O–H groups in total. The highest BCUT2D eigenvalue weighted by molar-refractivity contribution is 5.67. The van der Waals surface area contributed by atoms with Crippen LogP contribution in [0.3, 0.4) is 0 Å². The quantitative estimate of drug-likeness (QED) is 0.412. The number of aliphatic carboxylic acids is 1. The Bertz CT molecular complexity index is 184. The van der Waals surface area contributed by atoms with Crippen LogP contribution in [0, 0.1) is 12.3 Å². The molecule has 0 saturated heterocycles. The van der Waals surface area contributed by atoms with E-state index in [1.807, 2.05) is 0 Å². The molecule has 0 fully saturated rings. The van der Waals surface area contributed by atoms with Gasteiger partial charge in [-0.1, -0.05) is 5.92 Å². The molecule has 0 bridgehead atoms. The highest BCUT2D eigenvalue weighted by Gasteiger charge is 1.95. The van der Waals surface area contributed by atoms with Crippen LogP contribution in [-0.2, 0) is 19.0 Å². The largest absolute Gasteiger partial charge is 0.480 e. The molecule has 0 spiro atoms. The maximum atomic E-state index is 10.0. The Morgan fingerprint density at radius 3 is 2.29 bits per heavy atom. The Morgan fingerprint density at radius 1 is 1.14 bits per heavy atom. The zero-order valence-corrected chi connectivity index (χ0v) is 7.90. The van der Waals surface area contributed by atoms with Crippen LogP contribution < -0.4 is 0 Å². The lowest BCUT2D eigenvalue weighted by Gasteiger charge is -2.03. The molecule has 0 aliphatic rings. The molecule has 0 radical (unpaired) electrons. The van der Waals surface area contributed by atoms with Crippen LogP contribution in [0.4, 0.5) is 0 Å². The van der Waals surface area contributed by atoms with Gasteiger partial charge in [0, 0.05) is 0 Å². The standard InChI is InChI=1S/C9H14O5/c1-2-3-12-4-5-13-6-7-14-8-9(10)11/h1H,3-8H2,(H,10,11). The molecule has 14 heavy (non-hydrogen) atoms. The van der Waals surface area contributed by atoms with Gasteiger partial charge in [-0.2, -0.15) is 0 Å². The van der Waals surface area contributed by atoms with E-state index in [9.17, 15) is 4.79 Å². The summed E-state index contributed by atoms with van der Waals surface area (Å²) in [4.78, 5) is 10.0. The average Bonchev–Trinajstić information content (AvgIpc) is 2.15. The summed E-state index contributed by atoms with van der Waals surface area (Å²) in [5.74, 6) is 1.34. The number of rotatable bonds is 9. The van der Waals surface area contributed by atoms with Gasteiger partial charge in [0.15, 0.2) is 0 Å². The molecule has 0 heterocycles. The van der Waals surface area contributed by atoms with E-state index in [0.29, 0.717) is 19.8 Å². The van der Waals surface area contributed by atoms with E-state index in [1.54, 1.807) is 0 Å². The first-order chi connectivity index (χ1) is 6.77. The predicted molar refractivity (Wildman–Crippen MR) is 48.9 cm³/mol. The second kappa shape index (κ2) is 9.99.